The van der Waals surface area contributed by atoms with E-state index in [1.807, 2.05) is 0 Å². The van der Waals surface area contributed by atoms with Crippen LogP contribution in [0.15, 0.2) is 12.3 Å². The topological polar surface area (TPSA) is 86.6 Å². The number of carbonyl (C=O) groups excluding carboxylic acids is 1. The number of carboxylic acid groups (broad SMARTS) is 1. The molecule has 2 saturated heterocycles. The minimum Gasteiger partial charge on any atom is -0.480 e. The number of nitrogens with zero attached hydrogens (tertiary/aromatic N) is 4. The number of hydrogen-bond acceptors (Lipinski definition) is 5. The van der Waals surface area contributed by atoms with Crippen LogP contribution < -0.4 is 4.90 Å². The van der Waals surface area contributed by atoms with Gasteiger partial charge in [0.15, 0.2) is 0 Å². The predicted octanol–water partition coefficient (Wildman–Crippen LogP) is 1.16. The standard InChI is InChI=1S/C15H20N4O3/c20-13(19-10-2-1-5-12(19)14(21)22)11-6-7-16-15(17-11)18-8-3-4-9-18/h6-7,12H,1-5,8-10H2,(H,21,22). The zero-order valence-electron chi connectivity index (χ0n) is 12.4. The van der Waals surface area contributed by atoms with Gasteiger partial charge in [-0.15, -0.1) is 0 Å². The zero-order valence-corrected chi connectivity index (χ0v) is 12.4. The Balaban J connectivity index is 1.81. The Kier molecular flexibility index (Phi) is 4.22. The molecule has 2 fully saturated rings. The van der Waals surface area contributed by atoms with E-state index in [0.29, 0.717) is 18.9 Å². The lowest BCUT2D eigenvalue weighted by Crippen LogP contribution is -2.48. The summed E-state index contributed by atoms with van der Waals surface area (Å²) < 4.78 is 0. The van der Waals surface area contributed by atoms with Crippen LogP contribution in [0.3, 0.4) is 0 Å². The van der Waals surface area contributed by atoms with E-state index in [1.165, 1.54) is 4.90 Å². The second-order valence-electron chi connectivity index (χ2n) is 5.78. The first kappa shape index (κ1) is 14.7. The molecule has 1 aromatic rings. The molecule has 3 rings (SSSR count). The van der Waals surface area contributed by atoms with Crippen molar-refractivity contribution in [3.63, 3.8) is 0 Å². The highest BCUT2D eigenvalue weighted by atomic mass is 16.4. The molecule has 0 aliphatic carbocycles. The first-order valence-corrected chi connectivity index (χ1v) is 7.78. The molecule has 1 amide bonds. The predicted molar refractivity (Wildman–Crippen MR) is 79.8 cm³/mol. The van der Waals surface area contributed by atoms with Crippen molar-refractivity contribution in [2.45, 2.75) is 38.1 Å². The Labute approximate surface area is 129 Å². The Morgan fingerprint density at radius 3 is 2.59 bits per heavy atom. The van der Waals surface area contributed by atoms with Crippen molar-refractivity contribution in [2.75, 3.05) is 24.5 Å². The largest absolute Gasteiger partial charge is 0.480 e. The second kappa shape index (κ2) is 6.29. The van der Waals surface area contributed by atoms with Crippen molar-refractivity contribution in [1.29, 1.82) is 0 Å². The fourth-order valence-corrected chi connectivity index (χ4v) is 3.12. The van der Waals surface area contributed by atoms with Crippen LogP contribution in [0.4, 0.5) is 5.95 Å². The van der Waals surface area contributed by atoms with E-state index in [4.69, 9.17) is 0 Å². The van der Waals surface area contributed by atoms with Gasteiger partial charge < -0.3 is 14.9 Å². The second-order valence-corrected chi connectivity index (χ2v) is 5.78. The summed E-state index contributed by atoms with van der Waals surface area (Å²) in [7, 11) is 0. The zero-order chi connectivity index (χ0) is 15.5. The molecule has 0 aromatic carbocycles. The molecule has 2 aliphatic rings. The molecule has 2 aliphatic heterocycles. The lowest BCUT2D eigenvalue weighted by atomic mass is 10.0. The van der Waals surface area contributed by atoms with Crippen LogP contribution in [0.2, 0.25) is 0 Å². The number of piperidine rings is 1. The van der Waals surface area contributed by atoms with E-state index in [2.05, 4.69) is 14.9 Å². The van der Waals surface area contributed by atoms with E-state index in [0.717, 1.165) is 38.8 Å². The average molecular weight is 304 g/mol. The van der Waals surface area contributed by atoms with Crippen LogP contribution in [0.25, 0.3) is 0 Å². The van der Waals surface area contributed by atoms with Crippen molar-refractivity contribution in [3.05, 3.63) is 18.0 Å². The van der Waals surface area contributed by atoms with E-state index < -0.39 is 12.0 Å². The molecule has 7 heteroatoms. The molecule has 0 bridgehead atoms. The van der Waals surface area contributed by atoms with Crippen LogP contribution in [0.5, 0.6) is 0 Å². The maximum atomic E-state index is 12.6. The van der Waals surface area contributed by atoms with Gasteiger partial charge in [0, 0.05) is 25.8 Å². The van der Waals surface area contributed by atoms with Gasteiger partial charge in [0.2, 0.25) is 5.95 Å². The number of anilines is 1. The number of amides is 1. The molecule has 0 saturated carbocycles. The lowest BCUT2D eigenvalue weighted by molar-refractivity contribution is -0.143. The summed E-state index contributed by atoms with van der Waals surface area (Å²) in [4.78, 5) is 36.1. The quantitative estimate of drug-likeness (QED) is 0.901. The highest BCUT2D eigenvalue weighted by Crippen LogP contribution is 2.21. The smallest absolute Gasteiger partial charge is 0.326 e. The molecule has 1 N–H and O–H groups in total. The molecule has 118 valence electrons. The van der Waals surface area contributed by atoms with Gasteiger partial charge in [-0.1, -0.05) is 0 Å². The minimum absolute atomic E-state index is 0.282. The van der Waals surface area contributed by atoms with Gasteiger partial charge in [0.1, 0.15) is 11.7 Å². The maximum absolute atomic E-state index is 12.6. The molecular formula is C15H20N4O3. The minimum atomic E-state index is -0.943. The van der Waals surface area contributed by atoms with Crippen LogP contribution in [-0.4, -0.2) is 57.5 Å². The summed E-state index contributed by atoms with van der Waals surface area (Å²) in [6.45, 7) is 2.27. The molecule has 1 unspecified atom stereocenters. The number of rotatable bonds is 3. The fraction of sp³-hybridized carbons (Fsp3) is 0.600. The SMILES string of the molecule is O=C(O)C1CCCCN1C(=O)c1ccnc(N2CCCC2)n1. The molecule has 1 atom stereocenters. The van der Waals surface area contributed by atoms with Crippen LogP contribution >= 0.6 is 0 Å². The third kappa shape index (κ3) is 2.88. The van der Waals surface area contributed by atoms with Crippen molar-refractivity contribution < 1.29 is 14.7 Å². The summed E-state index contributed by atoms with van der Waals surface area (Å²) in [5.41, 5.74) is 0.282. The normalized spacial score (nSPS) is 21.9. The molecular weight excluding hydrogens is 284 g/mol. The molecule has 3 heterocycles. The average Bonchev–Trinajstić information content (AvgIpc) is 3.09. The Bertz CT molecular complexity index is 572. The number of likely N-dealkylation sites (tertiary alicyclic amines) is 1. The van der Waals surface area contributed by atoms with Crippen molar-refractivity contribution in [1.82, 2.24) is 14.9 Å². The number of carbonyl (C=O) groups is 2. The van der Waals surface area contributed by atoms with Crippen molar-refractivity contribution in [2.24, 2.45) is 0 Å². The van der Waals surface area contributed by atoms with Gasteiger partial charge in [-0.3, -0.25) is 4.79 Å². The van der Waals surface area contributed by atoms with E-state index in [-0.39, 0.29) is 11.6 Å². The van der Waals surface area contributed by atoms with Gasteiger partial charge in [-0.05, 0) is 38.2 Å². The Morgan fingerprint density at radius 2 is 1.86 bits per heavy atom. The summed E-state index contributed by atoms with van der Waals surface area (Å²) in [5, 5.41) is 9.30. The summed E-state index contributed by atoms with van der Waals surface area (Å²) >= 11 is 0. The maximum Gasteiger partial charge on any atom is 0.326 e. The van der Waals surface area contributed by atoms with Gasteiger partial charge in [0.25, 0.3) is 5.91 Å². The summed E-state index contributed by atoms with van der Waals surface area (Å²) in [6, 6.07) is 0.821. The number of carboxylic acids is 1. The first-order valence-electron chi connectivity index (χ1n) is 7.78. The van der Waals surface area contributed by atoms with Gasteiger partial charge in [-0.2, -0.15) is 0 Å². The van der Waals surface area contributed by atoms with Crippen molar-refractivity contribution >= 4 is 17.8 Å². The van der Waals surface area contributed by atoms with Gasteiger partial charge in [0.05, 0.1) is 0 Å². The summed E-state index contributed by atoms with van der Waals surface area (Å²) in [5.74, 6) is -0.691. The molecule has 0 spiro atoms. The number of hydrogen-bond donors (Lipinski definition) is 1. The molecule has 7 nitrogen and oxygen atoms in total. The first-order chi connectivity index (χ1) is 10.7. The van der Waals surface area contributed by atoms with Gasteiger partial charge in [-0.25, -0.2) is 14.8 Å². The highest BCUT2D eigenvalue weighted by molar-refractivity contribution is 5.95. The molecule has 22 heavy (non-hydrogen) atoms. The van der Waals surface area contributed by atoms with Gasteiger partial charge >= 0.3 is 5.97 Å². The van der Waals surface area contributed by atoms with Crippen molar-refractivity contribution in [3.8, 4) is 0 Å². The lowest BCUT2D eigenvalue weighted by Gasteiger charge is -2.32. The van der Waals surface area contributed by atoms with Crippen LogP contribution in [0.1, 0.15) is 42.6 Å². The fourth-order valence-electron chi connectivity index (χ4n) is 3.12. The summed E-state index contributed by atoms with van der Waals surface area (Å²) in [6.07, 6.45) is 5.96. The number of aliphatic carboxylic acids is 1. The Hall–Kier alpha value is -2.18. The van der Waals surface area contributed by atoms with E-state index >= 15 is 0 Å². The van der Waals surface area contributed by atoms with Crippen LogP contribution in [0, 0.1) is 0 Å². The molecule has 0 radical (unpaired) electrons. The highest BCUT2D eigenvalue weighted by Gasteiger charge is 2.33. The number of aromatic nitrogens is 2. The van der Waals surface area contributed by atoms with Crippen LogP contribution in [-0.2, 0) is 4.79 Å². The van der Waals surface area contributed by atoms with E-state index in [9.17, 15) is 14.7 Å². The third-order valence-corrected chi connectivity index (χ3v) is 4.30. The van der Waals surface area contributed by atoms with E-state index in [1.54, 1.807) is 12.3 Å². The Morgan fingerprint density at radius 1 is 1.14 bits per heavy atom. The third-order valence-electron chi connectivity index (χ3n) is 4.30. The molecule has 1 aromatic heterocycles. The monoisotopic (exact) mass is 304 g/mol.